The lowest BCUT2D eigenvalue weighted by Crippen LogP contribution is -2.13. The van der Waals surface area contributed by atoms with Gasteiger partial charge >= 0.3 is 5.97 Å². The monoisotopic (exact) mass is 266 g/mol. The molecular formula is C11H7ClN2O4. The second-order valence-corrected chi connectivity index (χ2v) is 3.75. The van der Waals surface area contributed by atoms with Gasteiger partial charge in [-0.3, -0.25) is 4.79 Å². The number of carboxylic acid groups (broad SMARTS) is 1. The van der Waals surface area contributed by atoms with E-state index in [4.69, 9.17) is 16.7 Å². The number of amides is 1. The Balaban J connectivity index is 2.26. The van der Waals surface area contributed by atoms with Gasteiger partial charge in [0, 0.05) is 6.07 Å². The average molecular weight is 267 g/mol. The van der Waals surface area contributed by atoms with Crippen LogP contribution in [0.5, 0.6) is 0 Å². The first-order valence-electron chi connectivity index (χ1n) is 4.82. The highest BCUT2D eigenvalue weighted by atomic mass is 35.5. The molecule has 0 bridgehead atoms. The van der Waals surface area contributed by atoms with E-state index in [1.165, 1.54) is 30.5 Å². The van der Waals surface area contributed by atoms with Crippen molar-refractivity contribution in [2.24, 2.45) is 0 Å². The first-order chi connectivity index (χ1) is 8.58. The van der Waals surface area contributed by atoms with Gasteiger partial charge in [-0.15, -0.1) is 0 Å². The normalized spacial score (nSPS) is 10.1. The van der Waals surface area contributed by atoms with E-state index in [0.717, 1.165) is 0 Å². The fraction of sp³-hybridized carbons (Fsp3) is 0. The maximum atomic E-state index is 11.7. The van der Waals surface area contributed by atoms with Crippen LogP contribution in [-0.4, -0.2) is 22.1 Å². The lowest BCUT2D eigenvalue weighted by atomic mass is 10.2. The maximum Gasteiger partial charge on any atom is 0.335 e. The highest BCUT2D eigenvalue weighted by Crippen LogP contribution is 2.23. The third kappa shape index (κ3) is 2.49. The summed E-state index contributed by atoms with van der Waals surface area (Å²) in [6.45, 7) is 0. The molecule has 0 radical (unpaired) electrons. The molecule has 2 aromatic rings. The molecule has 1 heterocycles. The van der Waals surface area contributed by atoms with Crippen LogP contribution in [0.2, 0.25) is 5.02 Å². The van der Waals surface area contributed by atoms with Crippen LogP contribution in [-0.2, 0) is 0 Å². The third-order valence-electron chi connectivity index (χ3n) is 2.13. The van der Waals surface area contributed by atoms with E-state index in [1.54, 1.807) is 0 Å². The van der Waals surface area contributed by atoms with Crippen LogP contribution >= 0.6 is 11.6 Å². The number of carbonyl (C=O) groups is 2. The zero-order valence-corrected chi connectivity index (χ0v) is 9.64. The van der Waals surface area contributed by atoms with Gasteiger partial charge in [-0.1, -0.05) is 16.8 Å². The Bertz CT molecular complexity index is 595. The van der Waals surface area contributed by atoms with Gasteiger partial charge in [-0.05, 0) is 18.2 Å². The lowest BCUT2D eigenvalue weighted by Gasteiger charge is -2.06. The van der Waals surface area contributed by atoms with E-state index in [9.17, 15) is 9.59 Å². The molecule has 0 unspecified atom stereocenters. The first kappa shape index (κ1) is 12.1. The Morgan fingerprint density at radius 3 is 2.72 bits per heavy atom. The highest BCUT2D eigenvalue weighted by Gasteiger charge is 2.13. The quantitative estimate of drug-likeness (QED) is 0.889. The van der Waals surface area contributed by atoms with Crippen LogP contribution in [0, 0.1) is 0 Å². The zero-order valence-electron chi connectivity index (χ0n) is 8.88. The van der Waals surface area contributed by atoms with E-state index in [1.807, 2.05) is 0 Å². The van der Waals surface area contributed by atoms with Gasteiger partial charge < -0.3 is 14.9 Å². The molecule has 0 saturated heterocycles. The summed E-state index contributed by atoms with van der Waals surface area (Å²) >= 11 is 5.85. The third-order valence-corrected chi connectivity index (χ3v) is 2.46. The van der Waals surface area contributed by atoms with Crippen molar-refractivity contribution in [2.75, 3.05) is 5.32 Å². The standard InChI is InChI=1S/C11H7ClN2O4/c12-7-2-1-6(11(16)17)5-9(7)13-10(15)8-3-4-18-14-8/h1-5H,(H,13,15)(H,16,17). The summed E-state index contributed by atoms with van der Waals surface area (Å²) < 4.78 is 4.53. The zero-order chi connectivity index (χ0) is 13.1. The van der Waals surface area contributed by atoms with Crippen molar-refractivity contribution >= 4 is 29.2 Å². The largest absolute Gasteiger partial charge is 0.478 e. The van der Waals surface area contributed by atoms with Gasteiger partial charge in [-0.25, -0.2) is 4.79 Å². The number of aromatic nitrogens is 1. The smallest absolute Gasteiger partial charge is 0.335 e. The Morgan fingerprint density at radius 1 is 1.33 bits per heavy atom. The van der Waals surface area contributed by atoms with E-state index in [0.29, 0.717) is 0 Å². The van der Waals surface area contributed by atoms with E-state index in [-0.39, 0.29) is 22.0 Å². The molecule has 1 aromatic heterocycles. The molecule has 1 aromatic carbocycles. The van der Waals surface area contributed by atoms with Crippen LogP contribution < -0.4 is 5.32 Å². The topological polar surface area (TPSA) is 92.4 Å². The van der Waals surface area contributed by atoms with Crippen molar-refractivity contribution in [2.45, 2.75) is 0 Å². The van der Waals surface area contributed by atoms with Crippen molar-refractivity contribution in [3.63, 3.8) is 0 Å². The molecular weight excluding hydrogens is 260 g/mol. The van der Waals surface area contributed by atoms with Gasteiger partial charge in [0.1, 0.15) is 6.26 Å². The SMILES string of the molecule is O=C(O)c1ccc(Cl)c(NC(=O)c2ccon2)c1. The number of benzene rings is 1. The lowest BCUT2D eigenvalue weighted by molar-refractivity contribution is 0.0696. The molecule has 18 heavy (non-hydrogen) atoms. The summed E-state index contributed by atoms with van der Waals surface area (Å²) in [5, 5.41) is 15.0. The van der Waals surface area contributed by atoms with Gasteiger partial charge in [-0.2, -0.15) is 0 Å². The van der Waals surface area contributed by atoms with Crippen molar-refractivity contribution in [1.29, 1.82) is 0 Å². The van der Waals surface area contributed by atoms with Crippen LogP contribution in [0.3, 0.4) is 0 Å². The minimum atomic E-state index is -1.11. The van der Waals surface area contributed by atoms with Gasteiger partial charge in [0.2, 0.25) is 0 Å². The van der Waals surface area contributed by atoms with Crippen molar-refractivity contribution in [3.8, 4) is 0 Å². The number of halogens is 1. The summed E-state index contributed by atoms with van der Waals surface area (Å²) in [5.41, 5.74) is 0.297. The number of nitrogens with zero attached hydrogens (tertiary/aromatic N) is 1. The summed E-state index contributed by atoms with van der Waals surface area (Å²) in [7, 11) is 0. The molecule has 0 spiro atoms. The average Bonchev–Trinajstić information content (AvgIpc) is 2.85. The van der Waals surface area contributed by atoms with Crippen molar-refractivity contribution < 1.29 is 19.2 Å². The number of hydrogen-bond donors (Lipinski definition) is 2. The second kappa shape index (κ2) is 4.89. The predicted octanol–water partition coefficient (Wildman–Crippen LogP) is 2.28. The van der Waals surface area contributed by atoms with Crippen molar-refractivity contribution in [3.05, 3.63) is 46.8 Å². The maximum absolute atomic E-state index is 11.7. The molecule has 0 aliphatic carbocycles. The number of anilines is 1. The number of carbonyl (C=O) groups excluding carboxylic acids is 1. The first-order valence-corrected chi connectivity index (χ1v) is 5.20. The summed E-state index contributed by atoms with van der Waals surface area (Å²) in [6.07, 6.45) is 1.25. The van der Waals surface area contributed by atoms with Gasteiger partial charge in [0.15, 0.2) is 5.69 Å². The van der Waals surface area contributed by atoms with Crippen LogP contribution in [0.1, 0.15) is 20.8 Å². The molecule has 0 fully saturated rings. The Morgan fingerprint density at radius 2 is 2.11 bits per heavy atom. The van der Waals surface area contributed by atoms with E-state index < -0.39 is 11.9 Å². The summed E-state index contributed by atoms with van der Waals surface area (Å²) in [6, 6.07) is 5.38. The number of hydrogen-bond acceptors (Lipinski definition) is 4. The molecule has 0 saturated carbocycles. The number of nitrogens with one attached hydrogen (secondary N) is 1. The Labute approximate surface area is 106 Å². The fourth-order valence-corrected chi connectivity index (χ4v) is 1.43. The van der Waals surface area contributed by atoms with Crippen molar-refractivity contribution in [1.82, 2.24) is 5.16 Å². The summed E-state index contributed by atoms with van der Waals surface area (Å²) in [5.74, 6) is -1.64. The molecule has 0 aliphatic heterocycles. The molecule has 6 nitrogen and oxygen atoms in total. The minimum absolute atomic E-state index is 0.0230. The van der Waals surface area contributed by atoms with E-state index >= 15 is 0 Å². The minimum Gasteiger partial charge on any atom is -0.478 e. The molecule has 0 atom stereocenters. The molecule has 2 rings (SSSR count). The molecule has 2 N–H and O–H groups in total. The summed E-state index contributed by atoms with van der Waals surface area (Å²) in [4.78, 5) is 22.5. The van der Waals surface area contributed by atoms with Gasteiger partial charge in [0.25, 0.3) is 5.91 Å². The van der Waals surface area contributed by atoms with Gasteiger partial charge in [0.05, 0.1) is 16.3 Å². The highest BCUT2D eigenvalue weighted by molar-refractivity contribution is 6.34. The molecule has 7 heteroatoms. The van der Waals surface area contributed by atoms with E-state index in [2.05, 4.69) is 15.0 Å². The molecule has 0 aliphatic rings. The predicted molar refractivity (Wildman–Crippen MR) is 62.9 cm³/mol. The van der Waals surface area contributed by atoms with Crippen LogP contribution in [0.4, 0.5) is 5.69 Å². The number of aromatic carboxylic acids is 1. The van der Waals surface area contributed by atoms with Crippen LogP contribution in [0.25, 0.3) is 0 Å². The van der Waals surface area contributed by atoms with Crippen LogP contribution in [0.15, 0.2) is 35.1 Å². The molecule has 1 amide bonds. The fourth-order valence-electron chi connectivity index (χ4n) is 1.27. The Kier molecular flexibility index (Phi) is 3.29. The Hall–Kier alpha value is -2.34. The number of carboxylic acids is 1. The molecule has 92 valence electrons. The number of rotatable bonds is 3. The second-order valence-electron chi connectivity index (χ2n) is 3.34.